The Hall–Kier alpha value is -3.00. The summed E-state index contributed by atoms with van der Waals surface area (Å²) < 4.78 is 5.99. The van der Waals surface area contributed by atoms with Crippen LogP contribution in [0.15, 0.2) is 61.2 Å². The molecule has 3 aromatic rings. The Morgan fingerprint density at radius 3 is 2.68 bits per heavy atom. The molecule has 1 fully saturated rings. The maximum Gasteiger partial charge on any atom is 0.187 e. The maximum absolute atomic E-state index is 13.0. The lowest BCUT2D eigenvalue weighted by Crippen LogP contribution is -2.54. The molecule has 4 rings (SSSR count). The number of pyridine rings is 1. The Morgan fingerprint density at radius 1 is 1.16 bits per heavy atom. The molecule has 4 atom stereocenters. The average Bonchev–Trinajstić information content (AvgIpc) is 2.78. The summed E-state index contributed by atoms with van der Waals surface area (Å²) in [6.45, 7) is 3.29. The summed E-state index contributed by atoms with van der Waals surface area (Å²) in [7, 11) is 0. The number of rotatable bonds is 5. The average molecular weight is 419 g/mol. The van der Waals surface area contributed by atoms with Crippen LogP contribution < -0.4 is 0 Å². The first-order chi connectivity index (χ1) is 14.9. The molecule has 0 amide bonds. The zero-order chi connectivity index (χ0) is 22.0. The van der Waals surface area contributed by atoms with Gasteiger partial charge in [-0.25, -0.2) is 4.98 Å². The fourth-order valence-electron chi connectivity index (χ4n) is 3.76. The Labute approximate surface area is 180 Å². The van der Waals surface area contributed by atoms with Crippen LogP contribution in [0.5, 0.6) is 0 Å². The van der Waals surface area contributed by atoms with Crippen LogP contribution in [0.2, 0.25) is 0 Å². The molecule has 1 saturated heterocycles. The molecule has 1 aliphatic rings. The quantitative estimate of drug-likeness (QED) is 0.613. The van der Waals surface area contributed by atoms with E-state index >= 15 is 0 Å². The van der Waals surface area contributed by atoms with Crippen molar-refractivity contribution in [1.29, 1.82) is 0 Å². The molecule has 3 heterocycles. The zero-order valence-corrected chi connectivity index (χ0v) is 17.5. The van der Waals surface area contributed by atoms with Crippen molar-refractivity contribution in [2.24, 2.45) is 0 Å². The molecule has 7 heteroatoms. The van der Waals surface area contributed by atoms with E-state index in [2.05, 4.69) is 15.0 Å². The molecular formula is C24H25N3O4. The number of hydrogen-bond donors (Lipinski definition) is 2. The van der Waals surface area contributed by atoms with Crippen LogP contribution in [0.25, 0.3) is 11.3 Å². The van der Waals surface area contributed by atoms with Crippen molar-refractivity contribution in [3.8, 4) is 11.3 Å². The first-order valence-electron chi connectivity index (χ1n) is 10.3. The van der Waals surface area contributed by atoms with Crippen molar-refractivity contribution in [3.63, 3.8) is 0 Å². The zero-order valence-electron chi connectivity index (χ0n) is 17.5. The van der Waals surface area contributed by atoms with Crippen LogP contribution in [0.1, 0.15) is 48.0 Å². The van der Waals surface area contributed by atoms with Crippen molar-refractivity contribution in [1.82, 2.24) is 15.0 Å². The van der Waals surface area contributed by atoms with E-state index in [1.165, 1.54) is 6.20 Å². The number of Topliss-reactive ketones (excluding diaryl/α,β-unsaturated/α-hetero) is 1. The normalized spacial score (nSPS) is 25.9. The van der Waals surface area contributed by atoms with E-state index in [4.69, 9.17) is 4.74 Å². The summed E-state index contributed by atoms with van der Waals surface area (Å²) in [4.78, 5) is 25.8. The van der Waals surface area contributed by atoms with Crippen molar-refractivity contribution in [2.45, 2.75) is 50.6 Å². The Morgan fingerprint density at radius 2 is 1.94 bits per heavy atom. The summed E-state index contributed by atoms with van der Waals surface area (Å²) in [5, 5.41) is 20.8. The lowest BCUT2D eigenvalue weighted by atomic mass is 9.84. The van der Waals surface area contributed by atoms with Gasteiger partial charge in [-0.2, -0.15) is 0 Å². The second-order valence-corrected chi connectivity index (χ2v) is 8.07. The highest BCUT2D eigenvalue weighted by Crippen LogP contribution is 2.38. The molecule has 1 aliphatic heterocycles. The van der Waals surface area contributed by atoms with E-state index in [9.17, 15) is 15.0 Å². The number of ether oxygens (including phenoxy) is 1. The Kier molecular flexibility index (Phi) is 5.91. The van der Waals surface area contributed by atoms with E-state index in [0.717, 1.165) is 11.1 Å². The number of aliphatic hydroxyl groups excluding tert-OH is 1. The van der Waals surface area contributed by atoms with E-state index in [-0.39, 0.29) is 24.3 Å². The summed E-state index contributed by atoms with van der Waals surface area (Å²) in [6, 6.07) is 11.4. The first-order valence-corrected chi connectivity index (χ1v) is 10.3. The molecule has 0 bridgehead atoms. The third-order valence-electron chi connectivity index (χ3n) is 5.93. The van der Waals surface area contributed by atoms with Gasteiger partial charge < -0.3 is 14.9 Å². The predicted octanol–water partition coefficient (Wildman–Crippen LogP) is 2.93. The molecule has 31 heavy (non-hydrogen) atoms. The van der Waals surface area contributed by atoms with E-state index in [0.29, 0.717) is 11.3 Å². The third kappa shape index (κ3) is 4.39. The van der Waals surface area contributed by atoms with Gasteiger partial charge in [0.25, 0.3) is 0 Å². The Bertz CT molecular complexity index is 1060. The van der Waals surface area contributed by atoms with Gasteiger partial charge in [-0.1, -0.05) is 30.3 Å². The first kappa shape index (κ1) is 21.2. The van der Waals surface area contributed by atoms with Gasteiger partial charge in [-0.05, 0) is 31.0 Å². The van der Waals surface area contributed by atoms with Gasteiger partial charge in [-0.15, -0.1) is 0 Å². The second-order valence-electron chi connectivity index (χ2n) is 8.07. The second kappa shape index (κ2) is 8.63. The fourth-order valence-corrected chi connectivity index (χ4v) is 3.76. The van der Waals surface area contributed by atoms with Crippen LogP contribution in [0.3, 0.4) is 0 Å². The van der Waals surface area contributed by atoms with Crippen LogP contribution in [-0.4, -0.2) is 48.8 Å². The minimum Gasteiger partial charge on any atom is -0.390 e. The van der Waals surface area contributed by atoms with Crippen LogP contribution in [0, 0.1) is 0 Å². The Balaban J connectivity index is 1.57. The molecule has 7 nitrogen and oxygen atoms in total. The number of hydrogen-bond acceptors (Lipinski definition) is 7. The summed E-state index contributed by atoms with van der Waals surface area (Å²) in [5.41, 5.74) is 1.94. The summed E-state index contributed by atoms with van der Waals surface area (Å²) in [6.07, 6.45) is 4.72. The highest BCUT2D eigenvalue weighted by Gasteiger charge is 2.44. The van der Waals surface area contributed by atoms with Crippen LogP contribution in [0.4, 0.5) is 0 Å². The molecule has 2 N–H and O–H groups in total. The van der Waals surface area contributed by atoms with Crippen molar-refractivity contribution in [3.05, 3.63) is 78.0 Å². The monoisotopic (exact) mass is 419 g/mol. The van der Waals surface area contributed by atoms with E-state index in [1.807, 2.05) is 30.3 Å². The van der Waals surface area contributed by atoms with Gasteiger partial charge in [0.05, 0.1) is 36.4 Å². The van der Waals surface area contributed by atoms with Crippen molar-refractivity contribution < 1.29 is 19.7 Å². The number of aromatic nitrogens is 3. The van der Waals surface area contributed by atoms with Crippen molar-refractivity contribution in [2.75, 3.05) is 0 Å². The number of carbonyl (C=O) groups excluding carboxylic acids is 1. The van der Waals surface area contributed by atoms with Crippen LogP contribution >= 0.6 is 0 Å². The minimum atomic E-state index is -1.33. The van der Waals surface area contributed by atoms with E-state index < -0.39 is 23.9 Å². The number of benzene rings is 1. The molecule has 0 saturated carbocycles. The van der Waals surface area contributed by atoms with Crippen LogP contribution in [-0.2, 0) is 11.2 Å². The van der Waals surface area contributed by atoms with Gasteiger partial charge in [0.1, 0.15) is 11.3 Å². The lowest BCUT2D eigenvalue weighted by molar-refractivity contribution is -0.215. The number of carbonyl (C=O) groups is 1. The predicted molar refractivity (Wildman–Crippen MR) is 114 cm³/mol. The molecule has 2 aromatic heterocycles. The molecule has 0 aliphatic carbocycles. The van der Waals surface area contributed by atoms with Gasteiger partial charge in [-0.3, -0.25) is 14.8 Å². The number of ketones is 1. The van der Waals surface area contributed by atoms with Crippen molar-refractivity contribution >= 4 is 5.78 Å². The van der Waals surface area contributed by atoms with Gasteiger partial charge in [0, 0.05) is 30.8 Å². The van der Waals surface area contributed by atoms with Gasteiger partial charge in [0.15, 0.2) is 5.78 Å². The molecular weight excluding hydrogens is 394 g/mol. The SMILES string of the molecule is C[C@H]1O[C@@H](c2ccncc2CC(=O)c2cncc(-c3ccccc3)n2)C[C@@H](O)[C@]1(C)O. The van der Waals surface area contributed by atoms with E-state index in [1.54, 1.807) is 38.5 Å². The highest BCUT2D eigenvalue weighted by atomic mass is 16.5. The maximum atomic E-state index is 13.0. The number of aliphatic hydroxyl groups is 2. The largest absolute Gasteiger partial charge is 0.390 e. The topological polar surface area (TPSA) is 105 Å². The number of nitrogens with zero attached hydrogens (tertiary/aromatic N) is 3. The smallest absolute Gasteiger partial charge is 0.187 e. The molecule has 0 spiro atoms. The lowest BCUT2D eigenvalue weighted by Gasteiger charge is -2.43. The third-order valence-corrected chi connectivity index (χ3v) is 5.93. The van der Waals surface area contributed by atoms with Gasteiger partial charge in [0.2, 0.25) is 0 Å². The molecule has 160 valence electrons. The molecule has 0 unspecified atom stereocenters. The molecule has 0 radical (unpaired) electrons. The standard InChI is InChI=1S/C24H25N3O4/c1-15-24(2,30)23(29)11-22(31-15)18-8-9-25-12-17(18)10-21(28)20-14-26-13-19(27-20)16-6-4-3-5-7-16/h3-9,12-15,22-23,29-30H,10-11H2,1-2H3/t15-,22-,23-,24-/m1/s1. The van der Waals surface area contributed by atoms with Gasteiger partial charge >= 0.3 is 0 Å². The summed E-state index contributed by atoms with van der Waals surface area (Å²) >= 11 is 0. The fraction of sp³-hybridized carbons (Fsp3) is 0.333. The highest BCUT2D eigenvalue weighted by molar-refractivity contribution is 5.96. The molecule has 1 aromatic carbocycles. The minimum absolute atomic E-state index is 0.0802. The summed E-state index contributed by atoms with van der Waals surface area (Å²) in [5.74, 6) is -0.184.